The van der Waals surface area contributed by atoms with Gasteiger partial charge in [-0.1, -0.05) is 0 Å². The van der Waals surface area contributed by atoms with Crippen LogP contribution in [0.4, 0.5) is 0 Å². The maximum atomic E-state index is 11.4. The third-order valence-electron chi connectivity index (χ3n) is 1.99. The summed E-state index contributed by atoms with van der Waals surface area (Å²) in [5.74, 6) is -0.121. The quantitative estimate of drug-likeness (QED) is 0.606. The van der Waals surface area contributed by atoms with Gasteiger partial charge < -0.3 is 14.4 Å². The molecule has 1 amide bonds. The average Bonchev–Trinajstić information content (AvgIpc) is 2.16. The third-order valence-corrected chi connectivity index (χ3v) is 1.99. The number of likely N-dealkylation sites (N-methyl/N-ethyl adjacent to an activating group) is 1. The number of ketones is 1. The van der Waals surface area contributed by atoms with Crippen LogP contribution in [-0.2, 0) is 19.1 Å². The van der Waals surface area contributed by atoms with Crippen LogP contribution in [0.5, 0.6) is 0 Å². The van der Waals surface area contributed by atoms with Crippen LogP contribution in [0.15, 0.2) is 0 Å². The van der Waals surface area contributed by atoms with Crippen molar-refractivity contribution in [2.45, 2.75) is 19.9 Å². The number of ether oxygens (including phenoxy) is 2. The van der Waals surface area contributed by atoms with Crippen LogP contribution in [0.2, 0.25) is 0 Å². The Labute approximate surface area is 90.3 Å². The fourth-order valence-electron chi connectivity index (χ4n) is 0.956. The average molecular weight is 217 g/mol. The zero-order chi connectivity index (χ0) is 11.8. The van der Waals surface area contributed by atoms with Gasteiger partial charge in [-0.2, -0.15) is 0 Å². The van der Waals surface area contributed by atoms with E-state index in [2.05, 4.69) is 0 Å². The molecule has 0 aromatic rings. The van der Waals surface area contributed by atoms with Gasteiger partial charge in [0.15, 0.2) is 5.78 Å². The Morgan fingerprint density at radius 1 is 1.33 bits per heavy atom. The van der Waals surface area contributed by atoms with Crippen LogP contribution in [0, 0.1) is 0 Å². The van der Waals surface area contributed by atoms with Crippen LogP contribution in [0.3, 0.4) is 0 Å². The first kappa shape index (κ1) is 14.1. The number of Topliss-reactive ketones (excluding diaryl/α,β-unsaturated/α-hetero) is 1. The Morgan fingerprint density at radius 2 is 1.93 bits per heavy atom. The molecule has 0 saturated heterocycles. The number of nitrogens with zero attached hydrogens (tertiary/aromatic N) is 1. The van der Waals surface area contributed by atoms with E-state index in [1.54, 1.807) is 11.9 Å². The molecule has 0 aromatic heterocycles. The van der Waals surface area contributed by atoms with Gasteiger partial charge in [-0.3, -0.25) is 9.59 Å². The molecule has 0 aromatic carbocycles. The first-order valence-electron chi connectivity index (χ1n) is 4.80. The first-order chi connectivity index (χ1) is 6.99. The maximum Gasteiger partial charge on any atom is 0.248 e. The summed E-state index contributed by atoms with van der Waals surface area (Å²) >= 11 is 0. The summed E-state index contributed by atoms with van der Waals surface area (Å²) in [6.07, 6.45) is 0. The van der Waals surface area contributed by atoms with Gasteiger partial charge in [-0.25, -0.2) is 0 Å². The first-order valence-corrected chi connectivity index (χ1v) is 4.80. The molecule has 0 radical (unpaired) electrons. The van der Waals surface area contributed by atoms with Crippen molar-refractivity contribution in [3.63, 3.8) is 0 Å². The van der Waals surface area contributed by atoms with E-state index in [1.807, 2.05) is 6.92 Å². The molecule has 0 aliphatic rings. The molecule has 5 heteroatoms. The minimum absolute atomic E-state index is 0.0203. The fourth-order valence-corrected chi connectivity index (χ4v) is 0.956. The summed E-state index contributed by atoms with van der Waals surface area (Å²) in [6.45, 7) is 3.83. The van der Waals surface area contributed by atoms with Crippen LogP contribution in [0.25, 0.3) is 0 Å². The second-order valence-corrected chi connectivity index (χ2v) is 3.50. The molecule has 15 heavy (non-hydrogen) atoms. The molecule has 1 atom stereocenters. The summed E-state index contributed by atoms with van der Waals surface area (Å²) in [7, 11) is 3.16. The number of methoxy groups -OCH3 is 1. The Kier molecular flexibility index (Phi) is 6.90. The van der Waals surface area contributed by atoms with Crippen molar-refractivity contribution in [2.75, 3.05) is 34.0 Å². The second kappa shape index (κ2) is 7.36. The van der Waals surface area contributed by atoms with Crippen molar-refractivity contribution in [3.8, 4) is 0 Å². The van der Waals surface area contributed by atoms with Gasteiger partial charge in [0.1, 0.15) is 13.2 Å². The summed E-state index contributed by atoms with van der Waals surface area (Å²) < 4.78 is 9.85. The lowest BCUT2D eigenvalue weighted by atomic mass is 10.3. The van der Waals surface area contributed by atoms with E-state index in [0.717, 1.165) is 0 Å². The van der Waals surface area contributed by atoms with E-state index in [0.29, 0.717) is 6.61 Å². The highest BCUT2D eigenvalue weighted by Gasteiger charge is 2.15. The van der Waals surface area contributed by atoms with Gasteiger partial charge >= 0.3 is 0 Å². The molecule has 0 heterocycles. The van der Waals surface area contributed by atoms with Crippen LogP contribution >= 0.6 is 0 Å². The lowest BCUT2D eigenvalue weighted by molar-refractivity contribution is -0.137. The predicted octanol–water partition coefficient (Wildman–Crippen LogP) is 0.0853. The van der Waals surface area contributed by atoms with E-state index in [-0.39, 0.29) is 30.9 Å². The minimum Gasteiger partial charge on any atom is -0.375 e. The topological polar surface area (TPSA) is 55.8 Å². The number of carbonyl (C=O) groups excluding carboxylic acids is 2. The molecular weight excluding hydrogens is 198 g/mol. The van der Waals surface area contributed by atoms with Crippen molar-refractivity contribution in [3.05, 3.63) is 0 Å². The highest BCUT2D eigenvalue weighted by atomic mass is 16.5. The molecule has 0 bridgehead atoms. The van der Waals surface area contributed by atoms with Gasteiger partial charge in [0.05, 0.1) is 12.6 Å². The van der Waals surface area contributed by atoms with Gasteiger partial charge in [0.25, 0.3) is 0 Å². The van der Waals surface area contributed by atoms with E-state index in [1.165, 1.54) is 14.0 Å². The zero-order valence-electron chi connectivity index (χ0n) is 9.78. The molecule has 0 aliphatic carbocycles. The SMILES string of the molecule is COCC(=O)N(C)C(C)COCC(C)=O. The van der Waals surface area contributed by atoms with E-state index < -0.39 is 0 Å². The molecule has 0 rings (SSSR count). The Hall–Kier alpha value is -0.940. The minimum atomic E-state index is -0.101. The number of amides is 1. The lowest BCUT2D eigenvalue weighted by Gasteiger charge is -2.24. The lowest BCUT2D eigenvalue weighted by Crippen LogP contribution is -2.40. The molecular formula is C10H19NO4. The molecule has 0 N–H and O–H groups in total. The fraction of sp³-hybridized carbons (Fsp3) is 0.800. The Bertz CT molecular complexity index is 217. The smallest absolute Gasteiger partial charge is 0.248 e. The highest BCUT2D eigenvalue weighted by Crippen LogP contribution is 1.97. The third kappa shape index (κ3) is 6.19. The monoisotopic (exact) mass is 217 g/mol. The molecule has 5 nitrogen and oxygen atoms in total. The van der Waals surface area contributed by atoms with Crippen molar-refractivity contribution in [1.82, 2.24) is 4.90 Å². The largest absolute Gasteiger partial charge is 0.375 e. The zero-order valence-corrected chi connectivity index (χ0v) is 9.78. The van der Waals surface area contributed by atoms with Gasteiger partial charge in [-0.05, 0) is 13.8 Å². The second-order valence-electron chi connectivity index (χ2n) is 3.50. The summed E-state index contributed by atoms with van der Waals surface area (Å²) in [5, 5.41) is 0. The summed E-state index contributed by atoms with van der Waals surface area (Å²) in [4.78, 5) is 23.5. The van der Waals surface area contributed by atoms with E-state index >= 15 is 0 Å². The molecule has 0 aliphatic heterocycles. The van der Waals surface area contributed by atoms with Gasteiger partial charge in [0, 0.05) is 14.2 Å². The predicted molar refractivity (Wildman–Crippen MR) is 55.6 cm³/mol. The summed E-state index contributed by atoms with van der Waals surface area (Å²) in [5.41, 5.74) is 0. The Balaban J connectivity index is 3.82. The van der Waals surface area contributed by atoms with Crippen LogP contribution < -0.4 is 0 Å². The molecule has 0 spiro atoms. The van der Waals surface area contributed by atoms with Crippen molar-refractivity contribution in [2.24, 2.45) is 0 Å². The number of carbonyl (C=O) groups is 2. The van der Waals surface area contributed by atoms with Crippen LogP contribution in [-0.4, -0.2) is 56.6 Å². The standard InChI is InChI=1S/C10H19NO4/c1-8(5-15-6-9(2)12)11(3)10(13)7-14-4/h8H,5-7H2,1-4H3. The number of hydrogen-bond donors (Lipinski definition) is 0. The van der Waals surface area contributed by atoms with Gasteiger partial charge in [0.2, 0.25) is 5.91 Å². The van der Waals surface area contributed by atoms with Crippen molar-refractivity contribution >= 4 is 11.7 Å². The Morgan fingerprint density at radius 3 is 2.40 bits per heavy atom. The van der Waals surface area contributed by atoms with Gasteiger partial charge in [-0.15, -0.1) is 0 Å². The molecule has 88 valence electrons. The highest BCUT2D eigenvalue weighted by molar-refractivity contribution is 5.77. The number of rotatable bonds is 7. The molecule has 0 fully saturated rings. The molecule has 1 unspecified atom stereocenters. The van der Waals surface area contributed by atoms with Crippen LogP contribution in [0.1, 0.15) is 13.8 Å². The maximum absolute atomic E-state index is 11.4. The summed E-state index contributed by atoms with van der Waals surface area (Å²) in [6, 6.07) is -0.0630. The normalized spacial score (nSPS) is 12.3. The van der Waals surface area contributed by atoms with Crippen molar-refractivity contribution < 1.29 is 19.1 Å². The molecule has 0 saturated carbocycles. The van der Waals surface area contributed by atoms with Crippen molar-refractivity contribution in [1.29, 1.82) is 0 Å². The van der Waals surface area contributed by atoms with E-state index in [9.17, 15) is 9.59 Å². The van der Waals surface area contributed by atoms with E-state index in [4.69, 9.17) is 9.47 Å². The number of hydrogen-bond acceptors (Lipinski definition) is 4.